The van der Waals surface area contributed by atoms with Crippen molar-refractivity contribution >= 4 is 18.3 Å². The summed E-state index contributed by atoms with van der Waals surface area (Å²) in [6.45, 7) is -4.50. The van der Waals surface area contributed by atoms with Crippen LogP contribution in [0.25, 0.3) is 0 Å². The molecule has 2 rings (SSSR count). The molecule has 6 nitrogen and oxygen atoms in total. The molecule has 1 aromatic carbocycles. The highest BCUT2D eigenvalue weighted by molar-refractivity contribution is 5.85. The zero-order valence-corrected chi connectivity index (χ0v) is 13.8. The summed E-state index contributed by atoms with van der Waals surface area (Å²) in [4.78, 5) is 12.1. The van der Waals surface area contributed by atoms with Gasteiger partial charge in [-0.1, -0.05) is 12.1 Å². The standard InChI is InChI=1S/C14H18F4N4O2.ClH/c15-13(16)24-9-3-1-2-8(4-9)11-10(5-21-22-11)12(23)20-7-14(17,18)6-19;/h1-4,10-11,13,21-22H,5-7,19H2,(H,20,23);1H. The highest BCUT2D eigenvalue weighted by Crippen LogP contribution is 2.28. The first-order valence-corrected chi connectivity index (χ1v) is 7.21. The molecule has 2 unspecified atom stereocenters. The molecule has 142 valence electrons. The van der Waals surface area contributed by atoms with Gasteiger partial charge in [-0.05, 0) is 17.7 Å². The van der Waals surface area contributed by atoms with E-state index in [9.17, 15) is 22.4 Å². The predicted octanol–water partition coefficient (Wildman–Crippen LogP) is 1.19. The normalized spacial score (nSPS) is 20.2. The molecule has 1 aromatic rings. The molecule has 1 fully saturated rings. The number of rotatable bonds is 7. The lowest BCUT2D eigenvalue weighted by Gasteiger charge is -2.21. The largest absolute Gasteiger partial charge is 0.435 e. The summed E-state index contributed by atoms with van der Waals surface area (Å²) in [5, 5.41) is 2.16. The Hall–Kier alpha value is -1.62. The van der Waals surface area contributed by atoms with Crippen molar-refractivity contribution in [3.8, 4) is 5.75 Å². The molecule has 0 saturated carbocycles. The highest BCUT2D eigenvalue weighted by atomic mass is 35.5. The SMILES string of the molecule is Cl.NCC(F)(F)CNC(=O)C1CNNC1c1cccc(OC(F)F)c1. The highest BCUT2D eigenvalue weighted by Gasteiger charge is 2.36. The molecule has 2 atom stereocenters. The molecule has 11 heteroatoms. The van der Waals surface area contributed by atoms with Gasteiger partial charge >= 0.3 is 6.61 Å². The fourth-order valence-corrected chi connectivity index (χ4v) is 2.36. The van der Waals surface area contributed by atoms with Crippen molar-refractivity contribution < 1.29 is 27.1 Å². The number of amides is 1. The maximum atomic E-state index is 13.1. The number of hydrazine groups is 1. The summed E-state index contributed by atoms with van der Waals surface area (Å²) in [6, 6.07) is 5.28. The fourth-order valence-electron chi connectivity index (χ4n) is 2.36. The lowest BCUT2D eigenvalue weighted by atomic mass is 9.94. The number of alkyl halides is 4. The Labute approximate surface area is 147 Å². The molecular weight excluding hydrogens is 368 g/mol. The smallest absolute Gasteiger partial charge is 0.387 e. The molecule has 5 N–H and O–H groups in total. The van der Waals surface area contributed by atoms with Crippen LogP contribution in [0.1, 0.15) is 11.6 Å². The van der Waals surface area contributed by atoms with Crippen LogP contribution in [-0.2, 0) is 4.79 Å². The molecule has 0 aromatic heterocycles. The number of ether oxygens (including phenoxy) is 1. The summed E-state index contributed by atoms with van der Waals surface area (Å²) >= 11 is 0. The van der Waals surface area contributed by atoms with Gasteiger partial charge in [0.05, 0.1) is 25.0 Å². The van der Waals surface area contributed by atoms with Crippen LogP contribution in [0.15, 0.2) is 24.3 Å². The molecular formula is C14H19ClF4N4O2. The molecule has 0 radical (unpaired) electrons. The van der Waals surface area contributed by atoms with Crippen molar-refractivity contribution in [1.82, 2.24) is 16.2 Å². The molecule has 25 heavy (non-hydrogen) atoms. The van der Waals surface area contributed by atoms with E-state index >= 15 is 0 Å². The number of carbonyl (C=O) groups is 1. The second kappa shape index (κ2) is 9.18. The molecule has 1 aliphatic rings. The molecule has 1 saturated heterocycles. The quantitative estimate of drug-likeness (QED) is 0.529. The number of hydrogen-bond donors (Lipinski definition) is 4. The van der Waals surface area contributed by atoms with Crippen molar-refractivity contribution in [2.24, 2.45) is 11.7 Å². The third kappa shape index (κ3) is 5.99. The first kappa shape index (κ1) is 21.4. The maximum absolute atomic E-state index is 13.1. The number of carbonyl (C=O) groups excluding carboxylic acids is 1. The van der Waals surface area contributed by atoms with Crippen LogP contribution in [-0.4, -0.2) is 38.1 Å². The summed E-state index contributed by atoms with van der Waals surface area (Å²) in [5.41, 5.74) is 11.0. The maximum Gasteiger partial charge on any atom is 0.387 e. The van der Waals surface area contributed by atoms with Gasteiger partial charge in [0, 0.05) is 6.54 Å². The molecule has 0 bridgehead atoms. The number of benzene rings is 1. The zero-order valence-electron chi connectivity index (χ0n) is 13.0. The van der Waals surface area contributed by atoms with Crippen LogP contribution < -0.4 is 26.6 Å². The molecule has 1 aliphatic heterocycles. The molecule has 1 amide bonds. The van der Waals surface area contributed by atoms with E-state index in [4.69, 9.17) is 5.73 Å². The van der Waals surface area contributed by atoms with E-state index in [0.29, 0.717) is 5.56 Å². The third-order valence-electron chi connectivity index (χ3n) is 3.58. The van der Waals surface area contributed by atoms with E-state index in [2.05, 4.69) is 20.9 Å². The topological polar surface area (TPSA) is 88.4 Å². The third-order valence-corrected chi connectivity index (χ3v) is 3.58. The minimum absolute atomic E-state index is 0. The molecule has 1 heterocycles. The van der Waals surface area contributed by atoms with Crippen LogP contribution in [0, 0.1) is 5.92 Å². The van der Waals surface area contributed by atoms with E-state index < -0.39 is 43.5 Å². The Morgan fingerprint density at radius 1 is 1.44 bits per heavy atom. The van der Waals surface area contributed by atoms with E-state index in [1.807, 2.05) is 0 Å². The van der Waals surface area contributed by atoms with Crippen molar-refractivity contribution in [3.05, 3.63) is 29.8 Å². The second-order valence-electron chi connectivity index (χ2n) is 5.34. The van der Waals surface area contributed by atoms with Gasteiger partial charge < -0.3 is 15.8 Å². The number of hydrogen-bond acceptors (Lipinski definition) is 5. The van der Waals surface area contributed by atoms with Crippen LogP contribution in [0.5, 0.6) is 5.75 Å². The summed E-state index contributed by atoms with van der Waals surface area (Å²) in [6.07, 6.45) is 0. The Morgan fingerprint density at radius 2 is 2.16 bits per heavy atom. The van der Waals surface area contributed by atoms with Gasteiger partial charge in [-0.3, -0.25) is 10.2 Å². The lowest BCUT2D eigenvalue weighted by Crippen LogP contribution is -2.44. The Balaban J connectivity index is 0.00000312. The van der Waals surface area contributed by atoms with Crippen molar-refractivity contribution in [2.45, 2.75) is 18.6 Å². The van der Waals surface area contributed by atoms with Gasteiger partial charge in [0.1, 0.15) is 5.75 Å². The Bertz CT molecular complexity index is 580. The monoisotopic (exact) mass is 386 g/mol. The average Bonchev–Trinajstić information content (AvgIpc) is 3.02. The van der Waals surface area contributed by atoms with Gasteiger partial charge in [0.25, 0.3) is 5.92 Å². The van der Waals surface area contributed by atoms with Crippen LogP contribution in [0.4, 0.5) is 17.6 Å². The van der Waals surface area contributed by atoms with E-state index in [0.717, 1.165) is 0 Å². The summed E-state index contributed by atoms with van der Waals surface area (Å²) < 4.78 is 55.2. The van der Waals surface area contributed by atoms with Gasteiger partial charge in [-0.15, -0.1) is 12.4 Å². The van der Waals surface area contributed by atoms with Crippen molar-refractivity contribution in [3.63, 3.8) is 0 Å². The summed E-state index contributed by atoms with van der Waals surface area (Å²) in [7, 11) is 0. The van der Waals surface area contributed by atoms with Crippen molar-refractivity contribution in [2.75, 3.05) is 19.6 Å². The van der Waals surface area contributed by atoms with Crippen molar-refractivity contribution in [1.29, 1.82) is 0 Å². The number of nitrogens with two attached hydrogens (primary N) is 1. The lowest BCUT2D eigenvalue weighted by molar-refractivity contribution is -0.126. The predicted molar refractivity (Wildman–Crippen MR) is 84.7 cm³/mol. The fraction of sp³-hybridized carbons (Fsp3) is 0.500. The molecule has 0 spiro atoms. The minimum Gasteiger partial charge on any atom is -0.435 e. The van der Waals surface area contributed by atoms with Crippen LogP contribution in [0.3, 0.4) is 0 Å². The Morgan fingerprint density at radius 3 is 2.80 bits per heavy atom. The van der Waals surface area contributed by atoms with Gasteiger partial charge in [0.2, 0.25) is 5.91 Å². The van der Waals surface area contributed by atoms with Crippen LogP contribution >= 0.6 is 12.4 Å². The van der Waals surface area contributed by atoms with Gasteiger partial charge in [-0.25, -0.2) is 14.2 Å². The van der Waals surface area contributed by atoms with Gasteiger partial charge in [0.15, 0.2) is 0 Å². The van der Waals surface area contributed by atoms with Gasteiger partial charge in [-0.2, -0.15) is 8.78 Å². The number of nitrogens with one attached hydrogen (secondary N) is 3. The summed E-state index contributed by atoms with van der Waals surface area (Å²) in [5.74, 6) is -4.52. The van der Waals surface area contributed by atoms with Crippen LogP contribution in [0.2, 0.25) is 0 Å². The first-order chi connectivity index (χ1) is 11.3. The Kier molecular flexibility index (Phi) is 7.87. The minimum atomic E-state index is -3.18. The average molecular weight is 387 g/mol. The zero-order chi connectivity index (χ0) is 17.7. The second-order valence-corrected chi connectivity index (χ2v) is 5.34. The molecule has 0 aliphatic carbocycles. The van der Waals surface area contributed by atoms with E-state index in [1.54, 1.807) is 6.07 Å². The van der Waals surface area contributed by atoms with E-state index in [-0.39, 0.29) is 24.7 Å². The number of halogens is 5. The van der Waals surface area contributed by atoms with E-state index in [1.165, 1.54) is 18.2 Å². The first-order valence-electron chi connectivity index (χ1n) is 7.21.